The Labute approximate surface area is 223 Å². The minimum Gasteiger partial charge on any atom is -0.480 e. The minimum absolute atomic E-state index is 0.301. The summed E-state index contributed by atoms with van der Waals surface area (Å²) < 4.78 is 47.5. The van der Waals surface area contributed by atoms with Gasteiger partial charge in [0.1, 0.15) is 13.2 Å². The van der Waals surface area contributed by atoms with Gasteiger partial charge < -0.3 is 53.1 Å². The number of ether oxygens (including phenoxy) is 9. The zero-order valence-corrected chi connectivity index (χ0v) is 22.0. The van der Waals surface area contributed by atoms with E-state index in [9.17, 15) is 9.59 Å². The smallest absolute Gasteiger partial charge is 0.329 e. The van der Waals surface area contributed by atoms with Crippen molar-refractivity contribution in [3.05, 3.63) is 5.53 Å². The van der Waals surface area contributed by atoms with Crippen molar-refractivity contribution in [2.45, 2.75) is 0 Å². The maximum Gasteiger partial charge on any atom is 0.329 e. The van der Waals surface area contributed by atoms with E-state index < -0.39 is 18.5 Å². The Kier molecular flexibility index (Phi) is 29.5. The third kappa shape index (κ3) is 32.0. The zero-order chi connectivity index (χ0) is 27.8. The van der Waals surface area contributed by atoms with Crippen molar-refractivity contribution < 1.29 is 62.6 Å². The van der Waals surface area contributed by atoms with Crippen molar-refractivity contribution in [1.29, 1.82) is 0 Å². The molecular weight excluding hydrogens is 512 g/mol. The van der Waals surface area contributed by atoms with Gasteiger partial charge in [-0.05, 0) is 0 Å². The summed E-state index contributed by atoms with van der Waals surface area (Å²) in [5.74, 6) is -1.52. The molecule has 38 heavy (non-hydrogen) atoms. The molecule has 16 nitrogen and oxygen atoms in total. The van der Waals surface area contributed by atoms with Crippen LogP contribution in [0, 0.1) is 0 Å². The van der Waals surface area contributed by atoms with Gasteiger partial charge in [0, 0.05) is 13.1 Å². The Morgan fingerprint density at radius 3 is 1.21 bits per heavy atom. The van der Waals surface area contributed by atoms with Crippen molar-refractivity contribution in [2.24, 2.45) is 0 Å². The van der Waals surface area contributed by atoms with Crippen LogP contribution in [0.3, 0.4) is 0 Å². The van der Waals surface area contributed by atoms with Crippen LogP contribution in [0.4, 0.5) is 0 Å². The molecule has 0 bridgehead atoms. The van der Waals surface area contributed by atoms with E-state index in [-0.39, 0.29) is 6.61 Å². The van der Waals surface area contributed by atoms with Crippen LogP contribution in [-0.2, 0) is 52.2 Å². The largest absolute Gasteiger partial charge is 0.480 e. The van der Waals surface area contributed by atoms with E-state index in [2.05, 4.69) is 15.5 Å². The highest BCUT2D eigenvalue weighted by Crippen LogP contribution is 1.86. The SMILES string of the molecule is [N-]=[NH+]NCCOCCOCCOCCOCCOCCOCCOCCOCCNC(=O)COCC(=O)O. The number of carbonyl (C=O) groups excluding carboxylic acids is 1. The van der Waals surface area contributed by atoms with Gasteiger partial charge in [-0.15, -0.1) is 0 Å². The lowest BCUT2D eigenvalue weighted by molar-refractivity contribution is -0.548. The Morgan fingerprint density at radius 1 is 0.526 bits per heavy atom. The summed E-state index contributed by atoms with van der Waals surface area (Å²) in [4.78, 5) is 21.6. The highest BCUT2D eigenvalue weighted by atomic mass is 16.6. The molecule has 0 spiro atoms. The lowest BCUT2D eigenvalue weighted by Gasteiger charge is -2.09. The van der Waals surface area contributed by atoms with Gasteiger partial charge in [-0.2, -0.15) is 10.8 Å². The predicted octanol–water partition coefficient (Wildman–Crippen LogP) is -3.06. The van der Waals surface area contributed by atoms with Crippen LogP contribution in [0.25, 0.3) is 5.53 Å². The molecule has 1 amide bonds. The predicted molar refractivity (Wildman–Crippen MR) is 130 cm³/mol. The molecule has 0 radical (unpaired) electrons. The van der Waals surface area contributed by atoms with Crippen LogP contribution < -0.4 is 16.0 Å². The van der Waals surface area contributed by atoms with E-state index in [4.69, 9.17) is 48.5 Å². The minimum atomic E-state index is -1.12. The maximum absolute atomic E-state index is 11.3. The molecule has 0 aliphatic rings. The van der Waals surface area contributed by atoms with Crippen LogP contribution in [0.1, 0.15) is 0 Å². The van der Waals surface area contributed by atoms with Crippen molar-refractivity contribution >= 4 is 11.9 Å². The molecular formula is C22H44N4O12. The summed E-state index contributed by atoms with van der Waals surface area (Å²) in [6.45, 7) is 7.21. The van der Waals surface area contributed by atoms with E-state index in [0.717, 1.165) is 0 Å². The molecule has 0 aromatic rings. The first-order valence-electron chi connectivity index (χ1n) is 12.5. The fourth-order valence-corrected chi connectivity index (χ4v) is 2.37. The lowest BCUT2D eigenvalue weighted by Crippen LogP contribution is -2.75. The molecule has 0 heterocycles. The van der Waals surface area contributed by atoms with E-state index >= 15 is 0 Å². The van der Waals surface area contributed by atoms with Crippen LogP contribution in [0.5, 0.6) is 0 Å². The Balaban J connectivity index is 3.09. The number of hydrogen-bond acceptors (Lipinski definition) is 11. The van der Waals surface area contributed by atoms with Crippen molar-refractivity contribution in [1.82, 2.24) is 10.7 Å². The van der Waals surface area contributed by atoms with Crippen LogP contribution in [0.15, 0.2) is 0 Å². The van der Waals surface area contributed by atoms with Gasteiger partial charge in [0.25, 0.3) is 0 Å². The molecule has 0 unspecified atom stereocenters. The number of nitrogens with zero attached hydrogens (tertiary/aromatic N) is 1. The lowest BCUT2D eigenvalue weighted by atomic mass is 10.6. The average Bonchev–Trinajstić information content (AvgIpc) is 2.90. The molecule has 0 saturated carbocycles. The normalized spacial score (nSPS) is 10.9. The Morgan fingerprint density at radius 2 is 0.868 bits per heavy atom. The monoisotopic (exact) mass is 556 g/mol. The maximum atomic E-state index is 11.3. The molecule has 4 N–H and O–H groups in total. The van der Waals surface area contributed by atoms with Crippen LogP contribution in [-0.4, -0.2) is 149 Å². The first-order chi connectivity index (χ1) is 18.7. The summed E-state index contributed by atoms with van der Waals surface area (Å²) in [6.07, 6.45) is 0. The van der Waals surface area contributed by atoms with Gasteiger partial charge in [0.05, 0.1) is 106 Å². The van der Waals surface area contributed by atoms with E-state index in [1.807, 2.05) is 5.22 Å². The molecule has 0 atom stereocenters. The van der Waals surface area contributed by atoms with E-state index in [0.29, 0.717) is 119 Å². The highest BCUT2D eigenvalue weighted by Gasteiger charge is 2.03. The van der Waals surface area contributed by atoms with Crippen LogP contribution >= 0.6 is 0 Å². The van der Waals surface area contributed by atoms with Crippen molar-refractivity contribution in [3.63, 3.8) is 0 Å². The number of carbonyl (C=O) groups is 2. The van der Waals surface area contributed by atoms with Crippen molar-refractivity contribution in [3.8, 4) is 0 Å². The molecule has 0 aromatic carbocycles. The second kappa shape index (κ2) is 31.2. The van der Waals surface area contributed by atoms with Gasteiger partial charge >= 0.3 is 5.97 Å². The third-order valence-electron chi connectivity index (χ3n) is 4.08. The number of carboxylic acids is 1. The highest BCUT2D eigenvalue weighted by molar-refractivity contribution is 5.77. The third-order valence-corrected chi connectivity index (χ3v) is 4.08. The molecule has 0 saturated heterocycles. The quantitative estimate of drug-likeness (QED) is 0.0370. The summed E-state index contributed by atoms with van der Waals surface area (Å²) in [5, 5.41) is 12.8. The van der Waals surface area contributed by atoms with E-state index in [1.165, 1.54) is 0 Å². The summed E-state index contributed by atoms with van der Waals surface area (Å²) >= 11 is 0. The van der Waals surface area contributed by atoms with E-state index in [1.54, 1.807) is 0 Å². The standard InChI is InChI=1S/C22H44N4O12/c23-26-25-2-4-31-6-8-33-10-12-35-14-16-37-18-17-36-15-13-34-11-9-32-7-5-30-3-1-24-21(27)19-38-20-22(28)29/h26H,1-20H2,(H3-,23,24,25,27,28,29). The van der Waals surface area contributed by atoms with Gasteiger partial charge in [-0.25, -0.2) is 4.79 Å². The average molecular weight is 557 g/mol. The number of aliphatic carboxylic acids is 1. The number of carboxylic acid groups (broad SMARTS) is 1. The van der Waals surface area contributed by atoms with Gasteiger partial charge in [0.2, 0.25) is 5.91 Å². The first kappa shape index (κ1) is 36.0. The number of nitrogens with one attached hydrogen (secondary N) is 3. The summed E-state index contributed by atoms with van der Waals surface area (Å²) in [5.41, 5.74) is 10.8. The number of hydrogen-bond donors (Lipinski definition) is 4. The van der Waals surface area contributed by atoms with Crippen LogP contribution in [0.2, 0.25) is 0 Å². The fourth-order valence-electron chi connectivity index (χ4n) is 2.37. The molecule has 224 valence electrons. The molecule has 0 rings (SSSR count). The second-order valence-electron chi connectivity index (χ2n) is 7.17. The Bertz CT molecular complexity index is 548. The second-order valence-corrected chi connectivity index (χ2v) is 7.17. The molecule has 0 aliphatic heterocycles. The zero-order valence-electron chi connectivity index (χ0n) is 22.0. The number of rotatable bonds is 32. The van der Waals surface area contributed by atoms with Gasteiger partial charge in [-0.3, -0.25) is 10.2 Å². The summed E-state index contributed by atoms with van der Waals surface area (Å²) in [6, 6.07) is 0. The Hall–Kier alpha value is -2.02. The van der Waals surface area contributed by atoms with Gasteiger partial charge in [0.15, 0.2) is 0 Å². The topological polar surface area (TPSA) is 198 Å². The molecule has 16 heteroatoms. The molecule has 0 aromatic heterocycles. The van der Waals surface area contributed by atoms with Crippen molar-refractivity contribution in [2.75, 3.05) is 132 Å². The summed E-state index contributed by atoms with van der Waals surface area (Å²) in [7, 11) is 0. The molecule has 0 aliphatic carbocycles. The van der Waals surface area contributed by atoms with Gasteiger partial charge in [-0.1, -0.05) is 0 Å². The molecule has 0 fully saturated rings. The number of amides is 1. The first-order valence-corrected chi connectivity index (χ1v) is 12.5. The number of hydrazine groups is 1. The fraction of sp³-hybridized carbons (Fsp3) is 0.909.